The van der Waals surface area contributed by atoms with Crippen LogP contribution in [0.4, 0.5) is 0 Å². The number of hydrogen-bond donors (Lipinski definition) is 0. The first-order valence-corrected chi connectivity index (χ1v) is 5.90. The van der Waals surface area contributed by atoms with Crippen LogP contribution in [-0.4, -0.2) is 17.9 Å². The largest absolute Gasteiger partial charge is 0.489 e. The van der Waals surface area contributed by atoms with Gasteiger partial charge < -0.3 is 9.53 Å². The fraction of sp³-hybridized carbons (Fsp3) is 0.333. The second-order valence-corrected chi connectivity index (χ2v) is 5.29. The monoisotopic (exact) mass is 367 g/mol. The maximum atomic E-state index is 11.0. The molecule has 0 saturated carbocycles. The lowest BCUT2D eigenvalue weighted by Gasteiger charge is -2.13. The van der Waals surface area contributed by atoms with Crippen LogP contribution in [0.15, 0.2) is 10.7 Å². The van der Waals surface area contributed by atoms with Gasteiger partial charge in [0.15, 0.2) is 5.75 Å². The van der Waals surface area contributed by atoms with Gasteiger partial charge in [0.05, 0.1) is 5.41 Å². The summed E-state index contributed by atoms with van der Waals surface area (Å²) in [6.45, 7) is 2.26. The van der Waals surface area contributed by atoms with E-state index in [1.54, 1.807) is 0 Å². The van der Waals surface area contributed by atoms with Gasteiger partial charge in [-0.05, 0) is 51.5 Å². The van der Waals surface area contributed by atoms with Crippen molar-refractivity contribution in [3.8, 4) is 5.75 Å². The van der Waals surface area contributed by atoms with Crippen molar-refractivity contribution >= 4 is 44.8 Å². The summed E-state index contributed by atoms with van der Waals surface area (Å²) in [7, 11) is 0. The van der Waals surface area contributed by atoms with Gasteiger partial charge in [-0.3, -0.25) is 0 Å². The van der Waals surface area contributed by atoms with E-state index in [0.29, 0.717) is 17.0 Å². The van der Waals surface area contributed by atoms with Crippen molar-refractivity contribution in [2.45, 2.75) is 12.3 Å². The Morgan fingerprint density at radius 3 is 3.14 bits per heavy atom. The molecule has 14 heavy (non-hydrogen) atoms. The minimum atomic E-state index is -0.527. The maximum absolute atomic E-state index is 11.0. The molecule has 0 saturated heterocycles. The molecule has 2 rings (SSSR count). The Kier molecular flexibility index (Phi) is 2.55. The van der Waals surface area contributed by atoms with Crippen molar-refractivity contribution in [3.05, 3.63) is 19.9 Å². The van der Waals surface area contributed by atoms with Gasteiger partial charge in [-0.2, -0.15) is 0 Å². The summed E-state index contributed by atoms with van der Waals surface area (Å²) in [5.41, 5.74) is 0.388. The molecule has 1 aromatic heterocycles. The van der Waals surface area contributed by atoms with Crippen molar-refractivity contribution in [1.29, 1.82) is 0 Å². The summed E-state index contributed by atoms with van der Waals surface area (Å²) in [5.74, 6) is 0.694. The molecule has 1 aromatic rings. The second kappa shape index (κ2) is 3.44. The minimum Gasteiger partial charge on any atom is -0.489 e. The smallest absolute Gasteiger partial charge is 0.156 e. The van der Waals surface area contributed by atoms with E-state index >= 15 is 0 Å². The molecular weight excluding hydrogens is 361 g/mol. The molecule has 74 valence electrons. The van der Waals surface area contributed by atoms with Crippen LogP contribution >= 0.6 is 38.5 Å². The van der Waals surface area contributed by atoms with Crippen molar-refractivity contribution < 1.29 is 9.53 Å². The highest BCUT2D eigenvalue weighted by atomic mass is 127. The predicted octanol–water partition coefficient (Wildman–Crippen LogP) is 2.30. The summed E-state index contributed by atoms with van der Waals surface area (Å²) in [5, 5.41) is 0. The Hall–Kier alpha value is -0.170. The Labute approximate surface area is 104 Å². The van der Waals surface area contributed by atoms with E-state index in [2.05, 4.69) is 43.5 Å². The molecule has 2 heterocycles. The predicted molar refractivity (Wildman–Crippen MR) is 63.6 cm³/mol. The van der Waals surface area contributed by atoms with Gasteiger partial charge in [-0.15, -0.1) is 0 Å². The summed E-state index contributed by atoms with van der Waals surface area (Å²) >= 11 is 5.44. The number of halogens is 2. The van der Waals surface area contributed by atoms with Gasteiger partial charge in [-0.25, -0.2) is 4.98 Å². The number of aldehydes is 1. The average Bonchev–Trinajstić information content (AvgIpc) is 2.46. The molecule has 0 bridgehead atoms. The third kappa shape index (κ3) is 1.46. The van der Waals surface area contributed by atoms with E-state index in [1.165, 1.54) is 0 Å². The fourth-order valence-electron chi connectivity index (χ4n) is 1.43. The van der Waals surface area contributed by atoms with E-state index < -0.39 is 5.41 Å². The van der Waals surface area contributed by atoms with E-state index in [4.69, 9.17) is 4.74 Å². The maximum Gasteiger partial charge on any atom is 0.156 e. The van der Waals surface area contributed by atoms with Crippen LogP contribution in [0, 0.1) is 3.70 Å². The van der Waals surface area contributed by atoms with Crippen LogP contribution in [0.5, 0.6) is 5.75 Å². The summed E-state index contributed by atoms with van der Waals surface area (Å²) in [6.07, 6.45) is 0.932. The summed E-state index contributed by atoms with van der Waals surface area (Å²) in [6, 6.07) is 1.89. The zero-order chi connectivity index (χ0) is 10.3. The zero-order valence-corrected chi connectivity index (χ0v) is 11.1. The van der Waals surface area contributed by atoms with Crippen LogP contribution in [0.2, 0.25) is 0 Å². The SMILES string of the molecule is CC1(C=O)COc2c1cc(I)nc2Br. The molecule has 1 aliphatic rings. The number of nitrogens with zero attached hydrogens (tertiary/aromatic N) is 1. The van der Waals surface area contributed by atoms with Gasteiger partial charge >= 0.3 is 0 Å². The van der Waals surface area contributed by atoms with Crippen LogP contribution in [0.1, 0.15) is 12.5 Å². The Balaban J connectivity index is 2.65. The highest BCUT2D eigenvalue weighted by molar-refractivity contribution is 14.1. The number of hydrogen-bond acceptors (Lipinski definition) is 3. The van der Waals surface area contributed by atoms with Crippen molar-refractivity contribution in [2.75, 3.05) is 6.61 Å². The molecule has 1 atom stereocenters. The van der Waals surface area contributed by atoms with Crippen LogP contribution in [-0.2, 0) is 10.2 Å². The fourth-order valence-corrected chi connectivity index (χ4v) is 2.83. The lowest BCUT2D eigenvalue weighted by Crippen LogP contribution is -2.25. The molecular formula is C9H7BrINO2. The number of carbonyl (C=O) groups excluding carboxylic acids is 1. The molecule has 0 radical (unpaired) electrons. The van der Waals surface area contributed by atoms with Gasteiger partial charge in [0.1, 0.15) is 21.2 Å². The first-order valence-electron chi connectivity index (χ1n) is 4.02. The zero-order valence-electron chi connectivity index (χ0n) is 7.38. The molecule has 3 nitrogen and oxygen atoms in total. The number of pyridine rings is 1. The number of fused-ring (bicyclic) bond motifs is 1. The van der Waals surface area contributed by atoms with Gasteiger partial charge in [-0.1, -0.05) is 0 Å². The Morgan fingerprint density at radius 2 is 2.50 bits per heavy atom. The second-order valence-electron chi connectivity index (χ2n) is 3.44. The summed E-state index contributed by atoms with van der Waals surface area (Å²) < 4.78 is 6.97. The van der Waals surface area contributed by atoms with E-state index in [0.717, 1.165) is 15.6 Å². The molecule has 0 aliphatic carbocycles. The standard InChI is InChI=1S/C9H7BrINO2/c1-9(3-13)4-14-7-5(9)2-6(11)12-8(7)10/h2-3H,4H2,1H3. The first-order chi connectivity index (χ1) is 6.57. The normalized spacial score (nSPS) is 24.2. The quantitative estimate of drug-likeness (QED) is 0.434. The van der Waals surface area contributed by atoms with Crippen molar-refractivity contribution in [3.63, 3.8) is 0 Å². The van der Waals surface area contributed by atoms with Crippen molar-refractivity contribution in [1.82, 2.24) is 4.98 Å². The molecule has 0 N–H and O–H groups in total. The first kappa shape index (κ1) is 10.4. The number of carbonyl (C=O) groups is 1. The minimum absolute atomic E-state index is 0.395. The molecule has 0 amide bonds. The molecule has 0 fully saturated rings. The van der Waals surface area contributed by atoms with E-state index in [-0.39, 0.29) is 0 Å². The molecule has 5 heteroatoms. The van der Waals surface area contributed by atoms with Crippen LogP contribution in [0.3, 0.4) is 0 Å². The van der Waals surface area contributed by atoms with E-state index in [1.807, 2.05) is 13.0 Å². The van der Waals surface area contributed by atoms with Gasteiger partial charge in [0, 0.05) is 5.56 Å². The Morgan fingerprint density at radius 1 is 1.79 bits per heavy atom. The highest BCUT2D eigenvalue weighted by Gasteiger charge is 2.38. The number of aromatic nitrogens is 1. The topological polar surface area (TPSA) is 39.2 Å². The molecule has 0 aromatic carbocycles. The van der Waals surface area contributed by atoms with Crippen LogP contribution < -0.4 is 4.74 Å². The van der Waals surface area contributed by atoms with Crippen molar-refractivity contribution in [2.24, 2.45) is 0 Å². The lowest BCUT2D eigenvalue weighted by atomic mass is 9.87. The molecule has 0 spiro atoms. The Bertz CT molecular complexity index is 410. The lowest BCUT2D eigenvalue weighted by molar-refractivity contribution is -0.112. The molecule has 1 unspecified atom stereocenters. The third-order valence-corrected chi connectivity index (χ3v) is 3.38. The number of rotatable bonds is 1. The number of ether oxygens (including phenoxy) is 1. The molecule has 1 aliphatic heterocycles. The highest BCUT2D eigenvalue weighted by Crippen LogP contribution is 2.41. The van der Waals surface area contributed by atoms with Crippen LogP contribution in [0.25, 0.3) is 0 Å². The van der Waals surface area contributed by atoms with Gasteiger partial charge in [0.2, 0.25) is 0 Å². The van der Waals surface area contributed by atoms with Gasteiger partial charge in [0.25, 0.3) is 0 Å². The average molecular weight is 368 g/mol. The third-order valence-electron chi connectivity index (χ3n) is 2.29. The summed E-state index contributed by atoms with van der Waals surface area (Å²) in [4.78, 5) is 15.2. The van der Waals surface area contributed by atoms with E-state index in [9.17, 15) is 4.79 Å².